The molecule has 1 aromatic carbocycles. The van der Waals surface area contributed by atoms with Crippen molar-refractivity contribution in [2.75, 3.05) is 19.6 Å². The van der Waals surface area contributed by atoms with Gasteiger partial charge in [0.2, 0.25) is 10.0 Å². The van der Waals surface area contributed by atoms with E-state index in [0.717, 1.165) is 0 Å². The van der Waals surface area contributed by atoms with Crippen LogP contribution in [0.4, 0.5) is 0 Å². The van der Waals surface area contributed by atoms with Crippen LogP contribution in [0.2, 0.25) is 10.0 Å². The summed E-state index contributed by atoms with van der Waals surface area (Å²) in [4.78, 5) is 4.32. The lowest BCUT2D eigenvalue weighted by Gasteiger charge is -2.34. The molecule has 2 aromatic rings. The number of nitrogens with one attached hydrogen (secondary N) is 1. The highest BCUT2D eigenvalue weighted by Crippen LogP contribution is 2.32. The lowest BCUT2D eigenvalue weighted by molar-refractivity contribution is 0.258. The predicted molar refractivity (Wildman–Crippen MR) is 89.2 cm³/mol. The van der Waals surface area contributed by atoms with Crippen LogP contribution in [-0.2, 0) is 17.1 Å². The van der Waals surface area contributed by atoms with Crippen LogP contribution in [0.1, 0.15) is 11.9 Å². The molecule has 1 aliphatic rings. The largest absolute Gasteiger partial charge is 0.337 e. The molecule has 0 amide bonds. The van der Waals surface area contributed by atoms with Crippen molar-refractivity contribution < 1.29 is 8.42 Å². The van der Waals surface area contributed by atoms with Crippen molar-refractivity contribution in [3.8, 4) is 0 Å². The number of aromatic nitrogens is 2. The van der Waals surface area contributed by atoms with Crippen LogP contribution in [0, 0.1) is 0 Å². The second-order valence-corrected chi connectivity index (χ2v) is 8.01. The highest BCUT2D eigenvalue weighted by Gasteiger charge is 2.37. The third-order valence-electron chi connectivity index (χ3n) is 3.83. The molecule has 0 saturated carbocycles. The monoisotopic (exact) mass is 374 g/mol. The van der Waals surface area contributed by atoms with Crippen LogP contribution < -0.4 is 5.32 Å². The number of halogens is 2. The Morgan fingerprint density at radius 2 is 2.13 bits per heavy atom. The van der Waals surface area contributed by atoms with Gasteiger partial charge in [-0.15, -0.1) is 0 Å². The molecule has 1 aliphatic heterocycles. The van der Waals surface area contributed by atoms with Gasteiger partial charge in [-0.05, 0) is 18.2 Å². The summed E-state index contributed by atoms with van der Waals surface area (Å²) < 4.78 is 29.4. The summed E-state index contributed by atoms with van der Waals surface area (Å²) in [7, 11) is -1.94. The minimum atomic E-state index is -3.78. The molecule has 0 radical (unpaired) electrons. The Bertz CT molecular complexity index is 822. The number of imidazole rings is 1. The van der Waals surface area contributed by atoms with Crippen LogP contribution in [0.5, 0.6) is 0 Å². The molecule has 1 atom stereocenters. The average molecular weight is 375 g/mol. The van der Waals surface area contributed by atoms with Crippen molar-refractivity contribution in [3.63, 3.8) is 0 Å². The molecule has 1 aromatic heterocycles. The molecule has 124 valence electrons. The molecule has 9 heteroatoms. The number of nitrogens with zero attached hydrogens (tertiary/aromatic N) is 3. The molecular formula is C14H16Cl2N4O2S. The highest BCUT2D eigenvalue weighted by atomic mass is 35.5. The molecule has 2 heterocycles. The summed E-state index contributed by atoms with van der Waals surface area (Å²) in [6.45, 7) is 1.39. The van der Waals surface area contributed by atoms with E-state index in [1.807, 2.05) is 11.6 Å². The normalized spacial score (nSPS) is 19.9. The second-order valence-electron chi connectivity index (χ2n) is 5.31. The molecule has 1 unspecified atom stereocenters. The van der Waals surface area contributed by atoms with Gasteiger partial charge in [0.25, 0.3) is 0 Å². The molecule has 1 fully saturated rings. The third-order valence-corrected chi connectivity index (χ3v) is 6.46. The van der Waals surface area contributed by atoms with Gasteiger partial charge in [0.15, 0.2) is 0 Å². The van der Waals surface area contributed by atoms with Crippen molar-refractivity contribution in [2.45, 2.75) is 10.9 Å². The zero-order valence-electron chi connectivity index (χ0n) is 12.4. The Kier molecular flexibility index (Phi) is 4.66. The van der Waals surface area contributed by atoms with Gasteiger partial charge < -0.3 is 9.88 Å². The molecule has 0 spiro atoms. The van der Waals surface area contributed by atoms with Crippen molar-refractivity contribution in [1.29, 1.82) is 0 Å². The van der Waals surface area contributed by atoms with Crippen molar-refractivity contribution in [2.24, 2.45) is 7.05 Å². The summed E-state index contributed by atoms with van der Waals surface area (Å²) in [6, 6.07) is 4.05. The summed E-state index contributed by atoms with van der Waals surface area (Å²) in [5.41, 5.74) is 0. The topological polar surface area (TPSA) is 67.2 Å². The van der Waals surface area contributed by atoms with E-state index >= 15 is 0 Å². The number of hydrogen-bond acceptors (Lipinski definition) is 4. The van der Waals surface area contributed by atoms with Crippen molar-refractivity contribution >= 4 is 33.2 Å². The average Bonchev–Trinajstić information content (AvgIpc) is 2.95. The molecular weight excluding hydrogens is 359 g/mol. The number of hydrogen-bond donors (Lipinski definition) is 1. The predicted octanol–water partition coefficient (Wildman–Crippen LogP) is 2.06. The summed E-state index contributed by atoms with van der Waals surface area (Å²) in [6.07, 6.45) is 3.45. The number of benzene rings is 1. The molecule has 0 aliphatic carbocycles. The Labute approximate surface area is 145 Å². The Balaban J connectivity index is 2.06. The first-order valence-corrected chi connectivity index (χ1v) is 9.25. The quantitative estimate of drug-likeness (QED) is 0.892. The minimum Gasteiger partial charge on any atom is -0.337 e. The fourth-order valence-electron chi connectivity index (χ4n) is 2.69. The van der Waals surface area contributed by atoms with Crippen LogP contribution in [-0.4, -0.2) is 41.9 Å². The number of sulfonamides is 1. The first-order chi connectivity index (χ1) is 10.9. The van der Waals surface area contributed by atoms with Gasteiger partial charge in [-0.25, -0.2) is 13.4 Å². The summed E-state index contributed by atoms with van der Waals surface area (Å²) >= 11 is 12.1. The second kappa shape index (κ2) is 6.41. The number of aryl methyl sites for hydroxylation is 1. The van der Waals surface area contributed by atoms with Gasteiger partial charge in [0.05, 0.1) is 11.1 Å². The van der Waals surface area contributed by atoms with Gasteiger partial charge in [-0.3, -0.25) is 0 Å². The van der Waals surface area contributed by atoms with Crippen LogP contribution in [0.25, 0.3) is 0 Å². The Morgan fingerprint density at radius 3 is 2.83 bits per heavy atom. The fraction of sp³-hybridized carbons (Fsp3) is 0.357. The maximum Gasteiger partial charge on any atom is 0.245 e. The van der Waals surface area contributed by atoms with E-state index in [4.69, 9.17) is 23.2 Å². The minimum absolute atomic E-state index is 0.0211. The van der Waals surface area contributed by atoms with E-state index < -0.39 is 16.1 Å². The van der Waals surface area contributed by atoms with E-state index in [-0.39, 0.29) is 9.92 Å². The molecule has 23 heavy (non-hydrogen) atoms. The van der Waals surface area contributed by atoms with Crippen LogP contribution in [0.3, 0.4) is 0 Å². The lowest BCUT2D eigenvalue weighted by atomic mass is 10.2. The zero-order chi connectivity index (χ0) is 16.6. The first kappa shape index (κ1) is 16.7. The first-order valence-electron chi connectivity index (χ1n) is 7.06. The molecule has 3 rings (SSSR count). The molecule has 1 N–H and O–H groups in total. The SMILES string of the molecule is Cn1ccnc1C1CNCCN1S(=O)(=O)c1cc(Cl)ccc1Cl. The van der Waals surface area contributed by atoms with Crippen LogP contribution >= 0.6 is 23.2 Å². The summed E-state index contributed by atoms with van der Waals surface area (Å²) in [5.74, 6) is 0.680. The molecule has 1 saturated heterocycles. The van der Waals surface area contributed by atoms with Crippen LogP contribution in [0.15, 0.2) is 35.5 Å². The van der Waals surface area contributed by atoms with Gasteiger partial charge in [-0.2, -0.15) is 4.31 Å². The van der Waals surface area contributed by atoms with E-state index in [0.29, 0.717) is 30.5 Å². The van der Waals surface area contributed by atoms with Gasteiger partial charge in [-0.1, -0.05) is 23.2 Å². The van der Waals surface area contributed by atoms with Crippen molar-refractivity contribution in [1.82, 2.24) is 19.2 Å². The van der Waals surface area contributed by atoms with E-state index in [2.05, 4.69) is 10.3 Å². The van der Waals surface area contributed by atoms with Crippen molar-refractivity contribution in [3.05, 3.63) is 46.5 Å². The third kappa shape index (κ3) is 3.12. The lowest BCUT2D eigenvalue weighted by Crippen LogP contribution is -2.49. The van der Waals surface area contributed by atoms with Gasteiger partial charge in [0, 0.05) is 44.1 Å². The number of rotatable bonds is 3. The van der Waals surface area contributed by atoms with E-state index in [9.17, 15) is 8.42 Å². The standard InChI is InChI=1S/C14H16Cl2N4O2S/c1-19-6-5-18-14(19)12-9-17-4-7-20(12)23(21,22)13-8-10(15)2-3-11(13)16/h2-3,5-6,8,12,17H,4,7,9H2,1H3. The highest BCUT2D eigenvalue weighted by molar-refractivity contribution is 7.89. The summed E-state index contributed by atoms with van der Waals surface area (Å²) in [5, 5.41) is 3.70. The number of piperazine rings is 1. The molecule has 6 nitrogen and oxygen atoms in total. The maximum atomic E-state index is 13.1. The van der Waals surface area contributed by atoms with E-state index in [1.54, 1.807) is 18.5 Å². The van der Waals surface area contributed by atoms with E-state index in [1.165, 1.54) is 16.4 Å². The molecule has 0 bridgehead atoms. The van der Waals surface area contributed by atoms with Gasteiger partial charge in [0.1, 0.15) is 10.7 Å². The van der Waals surface area contributed by atoms with Gasteiger partial charge >= 0.3 is 0 Å². The zero-order valence-corrected chi connectivity index (χ0v) is 14.7. The Hall–Kier alpha value is -1.12. The maximum absolute atomic E-state index is 13.1. The smallest absolute Gasteiger partial charge is 0.245 e. The Morgan fingerprint density at radius 1 is 1.35 bits per heavy atom. The fourth-order valence-corrected chi connectivity index (χ4v) is 5.02.